The van der Waals surface area contributed by atoms with Crippen LogP contribution in [0.3, 0.4) is 0 Å². The number of aromatic nitrogens is 1. The summed E-state index contributed by atoms with van der Waals surface area (Å²) in [6.45, 7) is 2.09. The predicted molar refractivity (Wildman–Crippen MR) is 81.9 cm³/mol. The summed E-state index contributed by atoms with van der Waals surface area (Å²) >= 11 is 5.10. The number of rotatable bonds is 1. The fraction of sp³-hybridized carbons (Fsp3) is 0.0714. The lowest BCUT2D eigenvalue weighted by Crippen LogP contribution is -1.87. The lowest BCUT2D eigenvalue weighted by molar-refractivity contribution is 1.45. The number of aryl methyl sites for hydroxylation is 1. The summed E-state index contributed by atoms with van der Waals surface area (Å²) in [5.74, 6) is 0. The third-order valence-electron chi connectivity index (χ3n) is 2.79. The first-order chi connectivity index (χ1) is 8.63. The van der Waals surface area contributed by atoms with Crippen molar-refractivity contribution in [2.75, 3.05) is 5.73 Å². The molecule has 0 saturated heterocycles. The van der Waals surface area contributed by atoms with E-state index in [9.17, 15) is 0 Å². The Balaban J connectivity index is 2.16. The molecule has 0 bridgehead atoms. The van der Waals surface area contributed by atoms with Gasteiger partial charge in [0.1, 0.15) is 5.01 Å². The van der Waals surface area contributed by atoms with E-state index in [1.54, 1.807) is 11.3 Å². The first kappa shape index (κ1) is 11.7. The van der Waals surface area contributed by atoms with Gasteiger partial charge in [0.05, 0.1) is 10.2 Å². The Kier molecular flexibility index (Phi) is 2.84. The number of thiazole rings is 1. The number of benzene rings is 2. The number of fused-ring (bicyclic) bond motifs is 1. The molecule has 3 aromatic rings. The normalized spacial score (nSPS) is 11.0. The van der Waals surface area contributed by atoms with Gasteiger partial charge in [0.15, 0.2) is 0 Å². The van der Waals surface area contributed by atoms with Gasteiger partial charge in [0, 0.05) is 15.7 Å². The third kappa shape index (κ3) is 2.02. The van der Waals surface area contributed by atoms with E-state index in [-0.39, 0.29) is 0 Å². The molecule has 90 valence electrons. The van der Waals surface area contributed by atoms with Crippen molar-refractivity contribution in [1.29, 1.82) is 0 Å². The van der Waals surface area contributed by atoms with E-state index in [0.29, 0.717) is 0 Å². The molecule has 0 aliphatic rings. The second kappa shape index (κ2) is 4.37. The molecule has 0 fully saturated rings. The molecule has 0 radical (unpaired) electrons. The first-order valence-corrected chi connectivity index (χ1v) is 7.17. The SMILES string of the molecule is Cc1ccc2nc(-c3ccc(Br)c(N)c3)sc2c1. The van der Waals surface area contributed by atoms with E-state index in [2.05, 4.69) is 46.0 Å². The highest BCUT2D eigenvalue weighted by molar-refractivity contribution is 9.10. The van der Waals surface area contributed by atoms with Crippen LogP contribution >= 0.6 is 27.3 Å². The minimum atomic E-state index is 0.739. The van der Waals surface area contributed by atoms with Crippen LogP contribution in [0.25, 0.3) is 20.8 Å². The Morgan fingerprint density at radius 3 is 2.78 bits per heavy atom. The van der Waals surface area contributed by atoms with Gasteiger partial charge in [-0.1, -0.05) is 12.1 Å². The van der Waals surface area contributed by atoms with Crippen LogP contribution in [-0.2, 0) is 0 Å². The standard InChI is InChI=1S/C14H11BrN2S/c1-8-2-5-12-13(6-8)18-14(17-12)9-3-4-10(15)11(16)7-9/h2-7H,16H2,1H3. The number of hydrogen-bond donors (Lipinski definition) is 1. The van der Waals surface area contributed by atoms with Gasteiger partial charge in [-0.2, -0.15) is 0 Å². The smallest absolute Gasteiger partial charge is 0.124 e. The van der Waals surface area contributed by atoms with Crippen molar-refractivity contribution >= 4 is 43.2 Å². The van der Waals surface area contributed by atoms with Crippen LogP contribution in [0.2, 0.25) is 0 Å². The van der Waals surface area contributed by atoms with Gasteiger partial charge in [0.2, 0.25) is 0 Å². The minimum Gasteiger partial charge on any atom is -0.398 e. The van der Waals surface area contributed by atoms with Crippen LogP contribution in [0.15, 0.2) is 40.9 Å². The van der Waals surface area contributed by atoms with E-state index >= 15 is 0 Å². The Bertz CT molecular complexity index is 734. The highest BCUT2D eigenvalue weighted by Gasteiger charge is 2.07. The van der Waals surface area contributed by atoms with Crippen molar-refractivity contribution in [2.24, 2.45) is 0 Å². The Morgan fingerprint density at radius 2 is 2.00 bits per heavy atom. The number of hydrogen-bond acceptors (Lipinski definition) is 3. The fourth-order valence-corrected chi connectivity index (χ4v) is 3.14. The van der Waals surface area contributed by atoms with Gasteiger partial charge in [-0.3, -0.25) is 0 Å². The van der Waals surface area contributed by atoms with Gasteiger partial charge >= 0.3 is 0 Å². The number of nitrogens with zero attached hydrogens (tertiary/aromatic N) is 1. The van der Waals surface area contributed by atoms with Gasteiger partial charge in [0.25, 0.3) is 0 Å². The molecule has 0 atom stereocenters. The fourth-order valence-electron chi connectivity index (χ4n) is 1.83. The molecule has 2 nitrogen and oxygen atoms in total. The molecule has 0 saturated carbocycles. The maximum Gasteiger partial charge on any atom is 0.124 e. The summed E-state index contributed by atoms with van der Waals surface area (Å²) in [5, 5.41) is 1.01. The van der Waals surface area contributed by atoms with Gasteiger partial charge in [-0.15, -0.1) is 11.3 Å². The van der Waals surface area contributed by atoms with Crippen LogP contribution in [-0.4, -0.2) is 4.98 Å². The van der Waals surface area contributed by atoms with Crippen molar-refractivity contribution in [3.63, 3.8) is 0 Å². The minimum absolute atomic E-state index is 0.739. The van der Waals surface area contributed by atoms with Crippen molar-refractivity contribution in [3.05, 3.63) is 46.4 Å². The van der Waals surface area contributed by atoms with E-state index in [1.807, 2.05) is 18.2 Å². The second-order valence-electron chi connectivity index (χ2n) is 4.23. The summed E-state index contributed by atoms with van der Waals surface area (Å²) < 4.78 is 2.13. The summed E-state index contributed by atoms with van der Waals surface area (Å²) in [5.41, 5.74) is 10.0. The first-order valence-electron chi connectivity index (χ1n) is 5.56. The van der Waals surface area contributed by atoms with E-state index < -0.39 is 0 Å². The number of nitrogens with two attached hydrogens (primary N) is 1. The molecule has 1 aromatic heterocycles. The summed E-state index contributed by atoms with van der Waals surface area (Å²) in [7, 11) is 0. The van der Waals surface area contributed by atoms with Crippen molar-refractivity contribution in [2.45, 2.75) is 6.92 Å². The number of nitrogen functional groups attached to an aromatic ring is 1. The monoisotopic (exact) mass is 318 g/mol. The summed E-state index contributed by atoms with van der Waals surface area (Å²) in [4.78, 5) is 4.64. The zero-order chi connectivity index (χ0) is 12.7. The molecule has 2 N–H and O–H groups in total. The third-order valence-corrected chi connectivity index (χ3v) is 4.58. The Hall–Kier alpha value is -1.39. The Labute approximate surface area is 118 Å². The number of anilines is 1. The largest absolute Gasteiger partial charge is 0.398 e. The molecule has 18 heavy (non-hydrogen) atoms. The molecule has 2 aromatic carbocycles. The molecule has 0 aliphatic carbocycles. The van der Waals surface area contributed by atoms with Crippen molar-refractivity contribution < 1.29 is 0 Å². The van der Waals surface area contributed by atoms with Crippen LogP contribution in [0, 0.1) is 6.92 Å². The zero-order valence-electron chi connectivity index (χ0n) is 9.77. The number of halogens is 1. The van der Waals surface area contributed by atoms with Crippen LogP contribution < -0.4 is 5.73 Å². The van der Waals surface area contributed by atoms with Crippen LogP contribution in [0.4, 0.5) is 5.69 Å². The lowest BCUT2D eigenvalue weighted by atomic mass is 10.2. The zero-order valence-corrected chi connectivity index (χ0v) is 12.2. The average molecular weight is 319 g/mol. The molecule has 0 spiro atoms. The van der Waals surface area contributed by atoms with Crippen molar-refractivity contribution in [1.82, 2.24) is 4.98 Å². The van der Waals surface area contributed by atoms with E-state index in [4.69, 9.17) is 5.73 Å². The maximum absolute atomic E-state index is 5.91. The van der Waals surface area contributed by atoms with Crippen LogP contribution in [0.1, 0.15) is 5.56 Å². The molecule has 4 heteroatoms. The maximum atomic E-state index is 5.91. The molecule has 1 heterocycles. The van der Waals surface area contributed by atoms with Gasteiger partial charge in [-0.25, -0.2) is 4.98 Å². The topological polar surface area (TPSA) is 38.9 Å². The Morgan fingerprint density at radius 1 is 1.17 bits per heavy atom. The molecule has 3 rings (SSSR count). The van der Waals surface area contributed by atoms with E-state index in [0.717, 1.165) is 26.2 Å². The van der Waals surface area contributed by atoms with Crippen LogP contribution in [0.5, 0.6) is 0 Å². The average Bonchev–Trinajstić information content (AvgIpc) is 2.75. The summed E-state index contributed by atoms with van der Waals surface area (Å²) in [6, 6.07) is 12.3. The second-order valence-corrected chi connectivity index (χ2v) is 6.11. The van der Waals surface area contributed by atoms with E-state index in [1.165, 1.54) is 10.3 Å². The molecule has 0 amide bonds. The predicted octanol–water partition coefficient (Wildman–Crippen LogP) is 4.62. The highest BCUT2D eigenvalue weighted by atomic mass is 79.9. The highest BCUT2D eigenvalue weighted by Crippen LogP contribution is 2.33. The van der Waals surface area contributed by atoms with Gasteiger partial charge < -0.3 is 5.73 Å². The lowest BCUT2D eigenvalue weighted by Gasteiger charge is -2.00. The molecule has 0 unspecified atom stereocenters. The quantitative estimate of drug-likeness (QED) is 0.665. The molecular formula is C14H11BrN2S. The molecule has 0 aliphatic heterocycles. The molecular weight excluding hydrogens is 308 g/mol. The summed E-state index contributed by atoms with van der Waals surface area (Å²) in [6.07, 6.45) is 0. The van der Waals surface area contributed by atoms with Crippen molar-refractivity contribution in [3.8, 4) is 10.6 Å². The van der Waals surface area contributed by atoms with Gasteiger partial charge in [-0.05, 0) is 52.7 Å².